The molecule has 0 fully saturated rings. The molecule has 0 unspecified atom stereocenters. The Labute approximate surface area is 73.0 Å². The predicted molar refractivity (Wildman–Crippen MR) is 53.1 cm³/mol. The fourth-order valence-electron chi connectivity index (χ4n) is 0.838. The number of aryl methyl sites for hydroxylation is 1. The third-order valence-electron chi connectivity index (χ3n) is 1.54. The second kappa shape index (κ2) is 3.90. The molecule has 0 aromatic carbocycles. The summed E-state index contributed by atoms with van der Waals surface area (Å²) in [5, 5.41) is 0. The van der Waals surface area contributed by atoms with E-state index in [9.17, 15) is 0 Å². The lowest BCUT2D eigenvalue weighted by Gasteiger charge is -1.88. The zero-order valence-electron chi connectivity index (χ0n) is 7.76. The van der Waals surface area contributed by atoms with Gasteiger partial charge in [0.15, 0.2) is 0 Å². The van der Waals surface area contributed by atoms with E-state index in [1.165, 1.54) is 11.1 Å². The van der Waals surface area contributed by atoms with Crippen molar-refractivity contribution in [1.29, 1.82) is 0 Å². The van der Waals surface area contributed by atoms with Crippen molar-refractivity contribution in [2.75, 3.05) is 0 Å². The minimum absolute atomic E-state index is 0.938. The van der Waals surface area contributed by atoms with Crippen LogP contribution in [0.25, 0.3) is 0 Å². The molecular weight excluding hydrogens is 148 g/mol. The highest BCUT2D eigenvalue weighted by Gasteiger charge is 1.91. The fraction of sp³-hybridized carbons (Fsp3) is 0.300. The molecule has 1 heterocycles. The molecule has 0 atom stereocenters. The highest BCUT2D eigenvalue weighted by molar-refractivity contribution is 5.74. The van der Waals surface area contributed by atoms with Crippen LogP contribution in [0.1, 0.15) is 19.4 Å². The van der Waals surface area contributed by atoms with Crippen molar-refractivity contribution in [2.45, 2.75) is 20.8 Å². The van der Waals surface area contributed by atoms with Gasteiger partial charge in [-0.05, 0) is 38.5 Å². The standard InChI is InChI=1S/C10H14N2/c1-8(2)4-6-11-10-9(3)5-7-12-10/h4-7,12H,1-3H3/b11-6-. The number of nitrogens with zero attached hydrogens (tertiary/aromatic N) is 1. The Morgan fingerprint density at radius 3 is 2.75 bits per heavy atom. The highest BCUT2D eigenvalue weighted by Crippen LogP contribution is 2.13. The van der Waals surface area contributed by atoms with Gasteiger partial charge in [-0.25, -0.2) is 4.99 Å². The molecule has 0 amide bonds. The summed E-state index contributed by atoms with van der Waals surface area (Å²) < 4.78 is 0. The Hall–Kier alpha value is -1.31. The predicted octanol–water partition coefficient (Wildman–Crippen LogP) is 2.99. The highest BCUT2D eigenvalue weighted by atomic mass is 14.9. The Kier molecular flexibility index (Phi) is 2.86. The Balaban J connectivity index is 2.70. The summed E-state index contributed by atoms with van der Waals surface area (Å²) in [6, 6.07) is 2.01. The molecule has 12 heavy (non-hydrogen) atoms. The van der Waals surface area contributed by atoms with Gasteiger partial charge < -0.3 is 4.98 Å². The maximum absolute atomic E-state index is 4.25. The summed E-state index contributed by atoms with van der Waals surface area (Å²) in [4.78, 5) is 7.30. The summed E-state index contributed by atoms with van der Waals surface area (Å²) >= 11 is 0. The number of hydrogen-bond acceptors (Lipinski definition) is 1. The summed E-state index contributed by atoms with van der Waals surface area (Å²) in [7, 11) is 0. The van der Waals surface area contributed by atoms with Crippen LogP contribution in [0.5, 0.6) is 0 Å². The molecule has 0 saturated carbocycles. The van der Waals surface area contributed by atoms with E-state index < -0.39 is 0 Å². The lowest BCUT2D eigenvalue weighted by molar-refractivity contribution is 1.31. The quantitative estimate of drug-likeness (QED) is 0.647. The first kappa shape index (κ1) is 8.78. The molecule has 1 N–H and O–H groups in total. The first-order valence-corrected chi connectivity index (χ1v) is 4.01. The SMILES string of the molecule is CC(C)=C/C=N\c1[nH]ccc1C. The third kappa shape index (κ3) is 2.38. The first-order chi connectivity index (χ1) is 5.70. The average molecular weight is 162 g/mol. The summed E-state index contributed by atoms with van der Waals surface area (Å²) in [6.45, 7) is 6.13. The second-order valence-corrected chi connectivity index (χ2v) is 3.03. The molecule has 2 nitrogen and oxygen atoms in total. The van der Waals surface area contributed by atoms with Gasteiger partial charge in [-0.3, -0.25) is 0 Å². The van der Waals surface area contributed by atoms with Crippen LogP contribution in [0, 0.1) is 6.92 Å². The van der Waals surface area contributed by atoms with E-state index in [2.05, 4.69) is 9.98 Å². The van der Waals surface area contributed by atoms with Crippen LogP contribution in [-0.4, -0.2) is 11.2 Å². The fourth-order valence-corrected chi connectivity index (χ4v) is 0.838. The van der Waals surface area contributed by atoms with Crippen molar-refractivity contribution in [2.24, 2.45) is 4.99 Å². The van der Waals surface area contributed by atoms with Crippen LogP contribution in [0.2, 0.25) is 0 Å². The molecule has 2 heteroatoms. The van der Waals surface area contributed by atoms with Crippen molar-refractivity contribution in [3.8, 4) is 0 Å². The molecule has 1 aromatic heterocycles. The lowest BCUT2D eigenvalue weighted by atomic mass is 10.3. The van der Waals surface area contributed by atoms with Gasteiger partial charge in [0.1, 0.15) is 5.82 Å². The van der Waals surface area contributed by atoms with E-state index in [1.54, 1.807) is 0 Å². The minimum Gasteiger partial charge on any atom is -0.346 e. The molecule has 0 aliphatic rings. The van der Waals surface area contributed by atoms with E-state index in [1.807, 2.05) is 45.3 Å². The van der Waals surface area contributed by atoms with Gasteiger partial charge in [0.2, 0.25) is 0 Å². The van der Waals surface area contributed by atoms with E-state index in [-0.39, 0.29) is 0 Å². The molecule has 0 aliphatic carbocycles. The van der Waals surface area contributed by atoms with Crippen LogP contribution in [0.4, 0.5) is 5.82 Å². The smallest absolute Gasteiger partial charge is 0.132 e. The summed E-state index contributed by atoms with van der Waals surface area (Å²) in [5.74, 6) is 0.938. The molecule has 0 radical (unpaired) electrons. The summed E-state index contributed by atoms with van der Waals surface area (Å²) in [5.41, 5.74) is 2.43. The normalized spacial score (nSPS) is 10.6. The van der Waals surface area contributed by atoms with Crippen molar-refractivity contribution in [1.82, 2.24) is 4.98 Å². The van der Waals surface area contributed by atoms with Gasteiger partial charge in [-0.1, -0.05) is 5.57 Å². The van der Waals surface area contributed by atoms with Gasteiger partial charge in [0.25, 0.3) is 0 Å². The molecule has 0 bridgehead atoms. The van der Waals surface area contributed by atoms with E-state index in [0.717, 1.165) is 5.82 Å². The number of aliphatic imine (C=N–C) groups is 1. The molecule has 0 aliphatic heterocycles. The second-order valence-electron chi connectivity index (χ2n) is 3.03. The lowest BCUT2D eigenvalue weighted by Crippen LogP contribution is -1.71. The Bertz CT molecular complexity index is 301. The van der Waals surface area contributed by atoms with Crippen LogP contribution in [0.3, 0.4) is 0 Å². The number of nitrogens with one attached hydrogen (secondary N) is 1. The van der Waals surface area contributed by atoms with E-state index >= 15 is 0 Å². The number of aromatic nitrogens is 1. The average Bonchev–Trinajstić information content (AvgIpc) is 2.36. The van der Waals surface area contributed by atoms with Gasteiger partial charge in [-0.2, -0.15) is 0 Å². The van der Waals surface area contributed by atoms with Gasteiger partial charge in [-0.15, -0.1) is 0 Å². The van der Waals surface area contributed by atoms with E-state index in [0.29, 0.717) is 0 Å². The zero-order chi connectivity index (χ0) is 8.97. The van der Waals surface area contributed by atoms with Crippen molar-refractivity contribution >= 4 is 12.0 Å². The van der Waals surface area contributed by atoms with Crippen LogP contribution >= 0.6 is 0 Å². The van der Waals surface area contributed by atoms with Crippen molar-refractivity contribution in [3.05, 3.63) is 29.5 Å². The van der Waals surface area contributed by atoms with Gasteiger partial charge in [0, 0.05) is 12.4 Å². The molecule has 0 spiro atoms. The van der Waals surface area contributed by atoms with E-state index in [4.69, 9.17) is 0 Å². The Morgan fingerprint density at radius 1 is 1.50 bits per heavy atom. The summed E-state index contributed by atoms with van der Waals surface area (Å²) in [6.07, 6.45) is 5.69. The monoisotopic (exact) mass is 162 g/mol. The first-order valence-electron chi connectivity index (χ1n) is 4.01. The number of aromatic amines is 1. The maximum atomic E-state index is 4.25. The Morgan fingerprint density at radius 2 is 2.25 bits per heavy atom. The molecule has 1 aromatic rings. The van der Waals surface area contributed by atoms with Gasteiger partial charge >= 0.3 is 0 Å². The number of rotatable bonds is 2. The molecule has 0 saturated heterocycles. The van der Waals surface area contributed by atoms with Crippen LogP contribution in [-0.2, 0) is 0 Å². The number of hydrogen-bond donors (Lipinski definition) is 1. The zero-order valence-corrected chi connectivity index (χ0v) is 7.76. The maximum Gasteiger partial charge on any atom is 0.132 e. The molecule has 1 rings (SSSR count). The third-order valence-corrected chi connectivity index (χ3v) is 1.54. The van der Waals surface area contributed by atoms with Gasteiger partial charge in [0.05, 0.1) is 0 Å². The largest absolute Gasteiger partial charge is 0.346 e. The number of H-pyrrole nitrogens is 1. The van der Waals surface area contributed by atoms with Crippen LogP contribution in [0.15, 0.2) is 28.9 Å². The van der Waals surface area contributed by atoms with Crippen LogP contribution < -0.4 is 0 Å². The minimum atomic E-state index is 0.938. The van der Waals surface area contributed by atoms with Crippen molar-refractivity contribution < 1.29 is 0 Å². The molecule has 64 valence electrons. The van der Waals surface area contributed by atoms with Crippen molar-refractivity contribution in [3.63, 3.8) is 0 Å². The number of allylic oxidation sites excluding steroid dienone is 2. The molecular formula is C10H14N2. The topological polar surface area (TPSA) is 28.1 Å².